The van der Waals surface area contributed by atoms with Crippen LogP contribution in [0.1, 0.15) is 57.6 Å². The molecule has 1 aliphatic carbocycles. The SMILES string of the molecule is CC.CCCC[C@@H]1CCc2cc(OC)c(O)cc2C1.Oc1ccccc1. The molecular weight excluding hydrogens is 324 g/mol. The second-order valence-electron chi connectivity index (χ2n) is 6.38. The van der Waals surface area contributed by atoms with E-state index in [0.29, 0.717) is 11.5 Å². The van der Waals surface area contributed by atoms with Crippen molar-refractivity contribution in [1.29, 1.82) is 0 Å². The van der Waals surface area contributed by atoms with E-state index >= 15 is 0 Å². The highest BCUT2D eigenvalue weighted by Crippen LogP contribution is 2.36. The maximum Gasteiger partial charge on any atom is 0.160 e. The number of phenolic OH excluding ortho intramolecular Hbond substituents is 2. The fourth-order valence-electron chi connectivity index (χ4n) is 3.18. The van der Waals surface area contributed by atoms with Crippen molar-refractivity contribution >= 4 is 0 Å². The highest BCUT2D eigenvalue weighted by molar-refractivity contribution is 5.47. The normalized spacial score (nSPS) is 14.8. The highest BCUT2D eigenvalue weighted by Gasteiger charge is 2.20. The van der Waals surface area contributed by atoms with Crippen LogP contribution < -0.4 is 4.74 Å². The quantitative estimate of drug-likeness (QED) is 0.693. The smallest absolute Gasteiger partial charge is 0.160 e. The van der Waals surface area contributed by atoms with Gasteiger partial charge in [-0.3, -0.25) is 0 Å². The Kier molecular flexibility index (Phi) is 10.3. The lowest BCUT2D eigenvalue weighted by Crippen LogP contribution is -2.14. The number of aromatic hydroxyl groups is 2. The van der Waals surface area contributed by atoms with Crippen molar-refractivity contribution in [3.63, 3.8) is 0 Å². The number of hydrogen-bond donors (Lipinski definition) is 2. The Morgan fingerprint density at radius 2 is 1.73 bits per heavy atom. The van der Waals surface area contributed by atoms with Crippen LogP contribution in [0.2, 0.25) is 0 Å². The molecule has 26 heavy (non-hydrogen) atoms. The Hall–Kier alpha value is -2.16. The first-order valence-electron chi connectivity index (χ1n) is 9.76. The van der Waals surface area contributed by atoms with Crippen molar-refractivity contribution in [1.82, 2.24) is 0 Å². The third-order valence-corrected chi connectivity index (χ3v) is 4.55. The number of ether oxygens (including phenoxy) is 1. The Bertz CT molecular complexity index is 623. The zero-order valence-electron chi connectivity index (χ0n) is 16.7. The summed E-state index contributed by atoms with van der Waals surface area (Å²) in [5, 5.41) is 18.4. The molecule has 0 aromatic heterocycles. The van der Waals surface area contributed by atoms with Crippen molar-refractivity contribution < 1.29 is 14.9 Å². The van der Waals surface area contributed by atoms with Crippen LogP contribution in [0.25, 0.3) is 0 Å². The number of phenols is 2. The Balaban J connectivity index is 0.000000313. The summed E-state index contributed by atoms with van der Waals surface area (Å²) in [5.41, 5.74) is 2.67. The fraction of sp³-hybridized carbons (Fsp3) is 0.478. The summed E-state index contributed by atoms with van der Waals surface area (Å²) in [4.78, 5) is 0. The molecule has 2 aromatic rings. The van der Waals surface area contributed by atoms with Gasteiger partial charge in [0.1, 0.15) is 5.75 Å². The van der Waals surface area contributed by atoms with Crippen LogP contribution in [0.3, 0.4) is 0 Å². The van der Waals surface area contributed by atoms with Crippen LogP contribution in [-0.4, -0.2) is 17.3 Å². The zero-order valence-corrected chi connectivity index (χ0v) is 16.7. The number of aryl methyl sites for hydroxylation is 1. The van der Waals surface area contributed by atoms with Crippen molar-refractivity contribution in [2.24, 2.45) is 5.92 Å². The molecule has 0 heterocycles. The van der Waals surface area contributed by atoms with Gasteiger partial charge in [-0.2, -0.15) is 0 Å². The molecule has 0 amide bonds. The van der Waals surface area contributed by atoms with Crippen LogP contribution >= 0.6 is 0 Å². The van der Waals surface area contributed by atoms with E-state index in [4.69, 9.17) is 9.84 Å². The molecule has 1 aliphatic rings. The largest absolute Gasteiger partial charge is 0.508 e. The van der Waals surface area contributed by atoms with E-state index in [-0.39, 0.29) is 5.75 Å². The summed E-state index contributed by atoms with van der Waals surface area (Å²) < 4.78 is 5.15. The molecule has 2 N–H and O–H groups in total. The van der Waals surface area contributed by atoms with E-state index in [0.717, 1.165) is 18.8 Å². The van der Waals surface area contributed by atoms with Crippen LogP contribution in [0.15, 0.2) is 42.5 Å². The highest BCUT2D eigenvalue weighted by atomic mass is 16.5. The Morgan fingerprint density at radius 3 is 2.27 bits per heavy atom. The number of para-hydroxylation sites is 1. The average molecular weight is 359 g/mol. The van der Waals surface area contributed by atoms with Gasteiger partial charge >= 0.3 is 0 Å². The first kappa shape index (κ1) is 21.9. The second-order valence-corrected chi connectivity index (χ2v) is 6.38. The van der Waals surface area contributed by atoms with Crippen molar-refractivity contribution in [3.05, 3.63) is 53.6 Å². The molecule has 3 rings (SSSR count). The topological polar surface area (TPSA) is 49.7 Å². The summed E-state index contributed by atoms with van der Waals surface area (Å²) in [6, 6.07) is 12.6. The molecule has 0 saturated heterocycles. The molecule has 1 atom stereocenters. The average Bonchev–Trinajstić information content (AvgIpc) is 2.68. The van der Waals surface area contributed by atoms with E-state index in [1.54, 1.807) is 31.4 Å². The summed E-state index contributed by atoms with van der Waals surface area (Å²) >= 11 is 0. The molecule has 0 saturated carbocycles. The number of hydrogen-bond acceptors (Lipinski definition) is 3. The van der Waals surface area contributed by atoms with E-state index in [2.05, 4.69) is 6.92 Å². The summed E-state index contributed by atoms with van der Waals surface area (Å²) in [6.45, 7) is 6.24. The minimum atomic E-state index is 0.280. The molecule has 0 bridgehead atoms. The molecule has 0 aliphatic heterocycles. The Morgan fingerprint density at radius 1 is 1.04 bits per heavy atom. The third kappa shape index (κ3) is 6.99. The second kappa shape index (κ2) is 12.2. The molecule has 0 unspecified atom stereocenters. The van der Waals surface area contributed by atoms with Crippen molar-refractivity contribution in [2.45, 2.75) is 59.3 Å². The molecule has 0 fully saturated rings. The molecule has 144 valence electrons. The molecule has 2 aromatic carbocycles. The first-order chi connectivity index (χ1) is 12.6. The summed E-state index contributed by atoms with van der Waals surface area (Å²) in [7, 11) is 1.61. The van der Waals surface area contributed by atoms with E-state index in [9.17, 15) is 5.11 Å². The van der Waals surface area contributed by atoms with Crippen molar-refractivity contribution in [2.75, 3.05) is 7.11 Å². The van der Waals surface area contributed by atoms with Crippen LogP contribution in [0.4, 0.5) is 0 Å². The van der Waals surface area contributed by atoms with Gasteiger partial charge in [0.05, 0.1) is 7.11 Å². The number of methoxy groups -OCH3 is 1. The Labute approximate surface area is 158 Å². The van der Waals surface area contributed by atoms with Crippen LogP contribution in [0, 0.1) is 5.92 Å². The third-order valence-electron chi connectivity index (χ3n) is 4.55. The van der Waals surface area contributed by atoms with Crippen LogP contribution in [-0.2, 0) is 12.8 Å². The summed E-state index contributed by atoms with van der Waals surface area (Å²) in [5.74, 6) is 2.01. The molecule has 3 nitrogen and oxygen atoms in total. The van der Waals surface area contributed by atoms with Crippen LogP contribution in [0.5, 0.6) is 17.2 Å². The number of rotatable bonds is 4. The molecular formula is C23H34O3. The van der Waals surface area contributed by atoms with Gasteiger partial charge in [-0.05, 0) is 60.6 Å². The van der Waals surface area contributed by atoms with Gasteiger partial charge in [0, 0.05) is 0 Å². The predicted octanol–water partition coefficient (Wildman–Crippen LogP) is 6.11. The van der Waals surface area contributed by atoms with E-state index in [1.807, 2.05) is 32.0 Å². The van der Waals surface area contributed by atoms with Gasteiger partial charge in [0.15, 0.2) is 11.5 Å². The standard InChI is InChI=1S/C15H22O2.C6H6O.C2H6/c1-3-4-5-11-6-7-12-10-15(17-2)14(16)9-13(12)8-11;7-6-4-2-1-3-5-6;1-2/h9-11,16H,3-8H2,1-2H3;1-5,7H;1-2H3/t11-;;/m1../s1. The predicted molar refractivity (Wildman–Crippen MR) is 109 cm³/mol. The van der Waals surface area contributed by atoms with E-state index < -0.39 is 0 Å². The maximum atomic E-state index is 9.80. The lowest BCUT2D eigenvalue weighted by atomic mass is 9.81. The molecule has 0 spiro atoms. The van der Waals surface area contributed by atoms with Gasteiger partial charge in [-0.25, -0.2) is 0 Å². The number of unbranched alkanes of at least 4 members (excludes halogenated alkanes) is 1. The number of benzene rings is 2. The van der Waals surface area contributed by atoms with Gasteiger partial charge < -0.3 is 14.9 Å². The monoisotopic (exact) mass is 358 g/mol. The fourth-order valence-corrected chi connectivity index (χ4v) is 3.18. The minimum Gasteiger partial charge on any atom is -0.508 e. The van der Waals surface area contributed by atoms with Gasteiger partial charge in [-0.15, -0.1) is 0 Å². The molecule has 0 radical (unpaired) electrons. The first-order valence-corrected chi connectivity index (χ1v) is 9.76. The summed E-state index contributed by atoms with van der Waals surface area (Å²) in [6.07, 6.45) is 7.44. The van der Waals surface area contributed by atoms with Gasteiger partial charge in [0.2, 0.25) is 0 Å². The van der Waals surface area contributed by atoms with Crippen molar-refractivity contribution in [3.8, 4) is 17.2 Å². The maximum absolute atomic E-state index is 9.80. The van der Waals surface area contributed by atoms with Gasteiger partial charge in [-0.1, -0.05) is 58.2 Å². The lowest BCUT2D eigenvalue weighted by molar-refractivity contribution is 0.367. The number of fused-ring (bicyclic) bond motifs is 1. The van der Waals surface area contributed by atoms with Gasteiger partial charge in [0.25, 0.3) is 0 Å². The molecule has 3 heteroatoms. The van der Waals surface area contributed by atoms with E-state index in [1.165, 1.54) is 36.8 Å². The zero-order chi connectivity index (χ0) is 19.4. The minimum absolute atomic E-state index is 0.280. The lowest BCUT2D eigenvalue weighted by Gasteiger charge is -2.25.